The third-order valence-electron chi connectivity index (χ3n) is 3.11. The topological polar surface area (TPSA) is 21.3 Å². The molecule has 2 nitrogen and oxygen atoms in total. The van der Waals surface area contributed by atoms with Crippen LogP contribution in [-0.4, -0.2) is 19.8 Å². The third-order valence-corrected chi connectivity index (χ3v) is 3.83. The Balaban J connectivity index is 1.93. The minimum Gasteiger partial charge on any atom is -0.380 e. The molecule has 1 aromatic rings. The van der Waals surface area contributed by atoms with Crippen molar-refractivity contribution in [3.8, 4) is 0 Å². The highest BCUT2D eigenvalue weighted by atomic mass is 79.9. The van der Waals surface area contributed by atoms with Crippen molar-refractivity contribution in [3.63, 3.8) is 0 Å². The van der Waals surface area contributed by atoms with Gasteiger partial charge in [-0.15, -0.1) is 0 Å². The fourth-order valence-corrected chi connectivity index (χ4v) is 2.52. The lowest BCUT2D eigenvalue weighted by molar-refractivity contribution is -0.0999. The molecule has 2 rings (SSSR count). The Kier molecular flexibility index (Phi) is 3.67. The van der Waals surface area contributed by atoms with E-state index in [4.69, 9.17) is 4.74 Å². The summed E-state index contributed by atoms with van der Waals surface area (Å²) in [5.41, 5.74) is 1.64. The van der Waals surface area contributed by atoms with Crippen LogP contribution in [0.25, 0.3) is 0 Å². The van der Waals surface area contributed by atoms with Gasteiger partial charge in [0, 0.05) is 22.5 Å². The molecule has 0 radical (unpaired) electrons. The van der Waals surface area contributed by atoms with Gasteiger partial charge in [0.2, 0.25) is 0 Å². The van der Waals surface area contributed by atoms with Crippen LogP contribution < -0.4 is 5.32 Å². The van der Waals surface area contributed by atoms with Crippen LogP contribution in [0.4, 0.5) is 0 Å². The van der Waals surface area contributed by atoms with Gasteiger partial charge >= 0.3 is 0 Å². The van der Waals surface area contributed by atoms with Crippen LogP contribution in [0.15, 0.2) is 28.7 Å². The van der Waals surface area contributed by atoms with Crippen molar-refractivity contribution in [2.24, 2.45) is 5.41 Å². The second kappa shape index (κ2) is 4.86. The van der Waals surface area contributed by atoms with Crippen LogP contribution in [-0.2, 0) is 4.74 Å². The molecule has 0 saturated carbocycles. The van der Waals surface area contributed by atoms with Crippen molar-refractivity contribution in [2.75, 3.05) is 19.8 Å². The molecule has 1 unspecified atom stereocenters. The first kappa shape index (κ1) is 12.1. The predicted molar refractivity (Wildman–Crippen MR) is 69.5 cm³/mol. The number of hydrogen-bond acceptors (Lipinski definition) is 2. The van der Waals surface area contributed by atoms with Gasteiger partial charge in [-0.1, -0.05) is 41.1 Å². The summed E-state index contributed by atoms with van der Waals surface area (Å²) in [5.74, 6) is 0. The summed E-state index contributed by atoms with van der Waals surface area (Å²) in [6, 6.07) is 8.73. The molecule has 1 atom stereocenters. The van der Waals surface area contributed by atoms with E-state index >= 15 is 0 Å². The molecule has 0 aromatic heterocycles. The van der Waals surface area contributed by atoms with E-state index in [0.29, 0.717) is 11.5 Å². The molecule has 0 spiro atoms. The number of hydrogen-bond donors (Lipinski definition) is 1. The van der Waals surface area contributed by atoms with Gasteiger partial charge in [-0.05, 0) is 18.6 Å². The van der Waals surface area contributed by atoms with Gasteiger partial charge in [0.15, 0.2) is 0 Å². The maximum Gasteiger partial charge on any atom is 0.0554 e. The van der Waals surface area contributed by atoms with Crippen molar-refractivity contribution < 1.29 is 4.74 Å². The van der Waals surface area contributed by atoms with E-state index in [2.05, 4.69) is 53.3 Å². The number of benzene rings is 1. The van der Waals surface area contributed by atoms with Gasteiger partial charge in [-0.2, -0.15) is 0 Å². The maximum absolute atomic E-state index is 5.25. The van der Waals surface area contributed by atoms with Crippen molar-refractivity contribution in [1.82, 2.24) is 5.32 Å². The first-order valence-corrected chi connectivity index (χ1v) is 6.46. The first-order valence-electron chi connectivity index (χ1n) is 5.66. The zero-order valence-corrected chi connectivity index (χ0v) is 11.4. The van der Waals surface area contributed by atoms with Crippen molar-refractivity contribution in [2.45, 2.75) is 19.9 Å². The van der Waals surface area contributed by atoms with E-state index in [1.165, 1.54) is 10.0 Å². The Morgan fingerprint density at radius 3 is 2.69 bits per heavy atom. The molecule has 0 bridgehead atoms. The van der Waals surface area contributed by atoms with Gasteiger partial charge < -0.3 is 10.1 Å². The Labute approximate surface area is 106 Å². The van der Waals surface area contributed by atoms with E-state index in [0.717, 1.165) is 19.8 Å². The van der Waals surface area contributed by atoms with E-state index < -0.39 is 0 Å². The summed E-state index contributed by atoms with van der Waals surface area (Å²) in [7, 11) is 0. The summed E-state index contributed by atoms with van der Waals surface area (Å²) in [6.45, 7) is 7.22. The molecule has 1 fully saturated rings. The second-order valence-corrected chi connectivity index (χ2v) is 5.78. The number of ether oxygens (including phenoxy) is 1. The van der Waals surface area contributed by atoms with Crippen LogP contribution in [0.1, 0.15) is 25.5 Å². The van der Waals surface area contributed by atoms with E-state index in [1.54, 1.807) is 0 Å². The Morgan fingerprint density at radius 2 is 2.12 bits per heavy atom. The monoisotopic (exact) mass is 283 g/mol. The lowest BCUT2D eigenvalue weighted by atomic mass is 9.88. The molecule has 1 saturated heterocycles. The normalized spacial score (nSPS) is 20.2. The maximum atomic E-state index is 5.25. The minimum absolute atomic E-state index is 0.329. The molecule has 3 heteroatoms. The van der Waals surface area contributed by atoms with Gasteiger partial charge in [-0.3, -0.25) is 0 Å². The van der Waals surface area contributed by atoms with Crippen molar-refractivity contribution in [1.29, 1.82) is 0 Å². The van der Waals surface area contributed by atoms with Crippen LogP contribution >= 0.6 is 15.9 Å². The predicted octanol–water partition coefficient (Wildman–Crippen LogP) is 3.14. The fourth-order valence-electron chi connectivity index (χ4n) is 1.89. The molecule has 1 aliphatic heterocycles. The Hall–Kier alpha value is -0.380. The largest absolute Gasteiger partial charge is 0.380 e. The second-order valence-electron chi connectivity index (χ2n) is 4.93. The summed E-state index contributed by atoms with van der Waals surface area (Å²) in [4.78, 5) is 0. The average molecular weight is 284 g/mol. The molecule has 0 amide bonds. The van der Waals surface area contributed by atoms with E-state index in [9.17, 15) is 0 Å². The lowest BCUT2D eigenvalue weighted by Gasteiger charge is -2.39. The van der Waals surface area contributed by atoms with Crippen LogP contribution in [0.2, 0.25) is 0 Å². The minimum atomic E-state index is 0.329. The molecule has 1 aromatic carbocycles. The van der Waals surface area contributed by atoms with Crippen LogP contribution in [0, 0.1) is 5.41 Å². The molecule has 88 valence electrons. The van der Waals surface area contributed by atoms with Gasteiger partial charge in [0.05, 0.1) is 13.2 Å². The first-order chi connectivity index (χ1) is 7.61. The number of nitrogens with one attached hydrogen (secondary N) is 1. The summed E-state index contributed by atoms with van der Waals surface area (Å²) in [5, 5.41) is 3.57. The van der Waals surface area contributed by atoms with Crippen molar-refractivity contribution in [3.05, 3.63) is 34.3 Å². The quantitative estimate of drug-likeness (QED) is 0.917. The molecule has 1 aliphatic rings. The average Bonchev–Trinajstić information content (AvgIpc) is 2.24. The van der Waals surface area contributed by atoms with Crippen LogP contribution in [0.5, 0.6) is 0 Å². The standard InChI is InChI=1S/C13H18BrNO/c1-10(11-5-3-4-6-12(11)14)15-7-13(2)8-16-9-13/h3-6,10,15H,7-9H2,1-2H3. The zero-order chi connectivity index (χ0) is 11.6. The lowest BCUT2D eigenvalue weighted by Crippen LogP contribution is -2.47. The number of halogens is 1. The van der Waals surface area contributed by atoms with Crippen LogP contribution in [0.3, 0.4) is 0 Å². The smallest absolute Gasteiger partial charge is 0.0554 e. The van der Waals surface area contributed by atoms with Gasteiger partial charge in [-0.25, -0.2) is 0 Å². The van der Waals surface area contributed by atoms with Gasteiger partial charge in [0.1, 0.15) is 0 Å². The Morgan fingerprint density at radius 1 is 1.44 bits per heavy atom. The van der Waals surface area contributed by atoms with E-state index in [1.807, 2.05) is 6.07 Å². The molecule has 16 heavy (non-hydrogen) atoms. The van der Waals surface area contributed by atoms with Crippen molar-refractivity contribution >= 4 is 15.9 Å². The van der Waals surface area contributed by atoms with Gasteiger partial charge in [0.25, 0.3) is 0 Å². The molecular weight excluding hydrogens is 266 g/mol. The van der Waals surface area contributed by atoms with E-state index in [-0.39, 0.29) is 0 Å². The highest BCUT2D eigenvalue weighted by molar-refractivity contribution is 9.10. The highest BCUT2D eigenvalue weighted by Crippen LogP contribution is 2.28. The third kappa shape index (κ3) is 2.65. The summed E-state index contributed by atoms with van der Waals surface area (Å²) >= 11 is 3.58. The highest BCUT2D eigenvalue weighted by Gasteiger charge is 2.33. The Bertz CT molecular complexity index is 363. The summed E-state index contributed by atoms with van der Waals surface area (Å²) < 4.78 is 6.42. The molecular formula is C13H18BrNO. The molecule has 1 heterocycles. The summed E-state index contributed by atoms with van der Waals surface area (Å²) in [6.07, 6.45) is 0. The number of rotatable bonds is 4. The SMILES string of the molecule is CC(NCC1(C)COC1)c1ccccc1Br. The fraction of sp³-hybridized carbons (Fsp3) is 0.538. The molecule has 1 N–H and O–H groups in total. The zero-order valence-electron chi connectivity index (χ0n) is 9.79. The molecule has 0 aliphatic carbocycles.